The number of esters is 1. The lowest BCUT2D eigenvalue weighted by Crippen LogP contribution is -2.51. The van der Waals surface area contributed by atoms with Crippen LogP contribution in [0.25, 0.3) is 6.08 Å². The van der Waals surface area contributed by atoms with Crippen molar-refractivity contribution < 1.29 is 17.9 Å². The molecule has 1 heterocycles. The van der Waals surface area contributed by atoms with Gasteiger partial charge in [0.25, 0.3) is 0 Å². The first-order chi connectivity index (χ1) is 18.4. The van der Waals surface area contributed by atoms with E-state index in [0.717, 1.165) is 11.1 Å². The molecule has 7 heteroatoms. The van der Waals surface area contributed by atoms with Gasteiger partial charge < -0.3 is 4.74 Å². The van der Waals surface area contributed by atoms with Gasteiger partial charge in [0.1, 0.15) is 0 Å². The van der Waals surface area contributed by atoms with E-state index in [9.17, 15) is 13.2 Å². The number of rotatable bonds is 8. The first-order valence-electron chi connectivity index (χ1n) is 12.1. The van der Waals surface area contributed by atoms with Gasteiger partial charge in [0, 0.05) is 5.56 Å². The zero-order valence-electron chi connectivity index (χ0n) is 20.7. The second-order valence-electron chi connectivity index (χ2n) is 8.99. The number of ether oxygens (including phenoxy) is 1. The van der Waals surface area contributed by atoms with Crippen LogP contribution in [0.15, 0.2) is 131 Å². The third-order valence-corrected chi connectivity index (χ3v) is 7.81. The van der Waals surface area contributed by atoms with Crippen molar-refractivity contribution in [3.8, 4) is 0 Å². The standard InChI is InChI=1S/C31H26N2O4S/c1-23-17-20-27(21-18-23)38(35,36)33-28(22-19-24-11-5-2-6-12-24)31(26-15-9-4-10-16-26)30(34)37-29(32-31)25-13-7-3-8-14-25/h2-22,28,33H,1H3/b22-19+. The first kappa shape index (κ1) is 25.3. The van der Waals surface area contributed by atoms with Crippen LogP contribution < -0.4 is 4.72 Å². The van der Waals surface area contributed by atoms with Crippen LogP contribution in [0.2, 0.25) is 0 Å². The molecule has 4 aromatic rings. The summed E-state index contributed by atoms with van der Waals surface area (Å²) >= 11 is 0. The van der Waals surface area contributed by atoms with E-state index in [0.29, 0.717) is 11.1 Å². The summed E-state index contributed by atoms with van der Waals surface area (Å²) < 4.78 is 35.7. The Morgan fingerprint density at radius 3 is 2.03 bits per heavy atom. The molecule has 0 aliphatic carbocycles. The van der Waals surface area contributed by atoms with Gasteiger partial charge in [-0.1, -0.05) is 109 Å². The normalized spacial score (nSPS) is 18.2. The van der Waals surface area contributed by atoms with Crippen molar-refractivity contribution in [2.75, 3.05) is 0 Å². The lowest BCUT2D eigenvalue weighted by atomic mass is 9.83. The highest BCUT2D eigenvalue weighted by Crippen LogP contribution is 2.38. The smallest absolute Gasteiger partial charge is 0.347 e. The Morgan fingerprint density at radius 1 is 0.816 bits per heavy atom. The summed E-state index contributed by atoms with van der Waals surface area (Å²) in [5, 5.41) is 0. The summed E-state index contributed by atoms with van der Waals surface area (Å²) in [5.74, 6) is -0.538. The Balaban J connectivity index is 1.68. The molecule has 0 bridgehead atoms. The van der Waals surface area contributed by atoms with Crippen LogP contribution in [0, 0.1) is 6.92 Å². The zero-order valence-corrected chi connectivity index (χ0v) is 21.5. The van der Waals surface area contributed by atoms with E-state index in [1.807, 2.05) is 61.5 Å². The number of benzene rings is 4. The van der Waals surface area contributed by atoms with Gasteiger partial charge in [-0.15, -0.1) is 0 Å². The number of hydrogen-bond donors (Lipinski definition) is 1. The number of carbonyl (C=O) groups excluding carboxylic acids is 1. The summed E-state index contributed by atoms with van der Waals surface area (Å²) in [6.45, 7) is 1.88. The minimum atomic E-state index is -4.05. The summed E-state index contributed by atoms with van der Waals surface area (Å²) in [5.41, 5.74) is 1.20. The molecule has 1 aliphatic heterocycles. The van der Waals surface area contributed by atoms with Gasteiger partial charge in [-0.25, -0.2) is 22.9 Å². The van der Waals surface area contributed by atoms with Crippen LogP contribution in [0.5, 0.6) is 0 Å². The molecule has 38 heavy (non-hydrogen) atoms. The van der Waals surface area contributed by atoms with Gasteiger partial charge in [0.2, 0.25) is 21.5 Å². The number of aryl methyl sites for hydroxylation is 1. The molecule has 4 aromatic carbocycles. The Morgan fingerprint density at radius 2 is 1.39 bits per heavy atom. The van der Waals surface area contributed by atoms with E-state index in [2.05, 4.69) is 4.72 Å². The fourth-order valence-corrected chi connectivity index (χ4v) is 5.55. The number of sulfonamides is 1. The molecule has 0 fully saturated rings. The van der Waals surface area contributed by atoms with Gasteiger partial charge in [0.15, 0.2) is 0 Å². The minimum absolute atomic E-state index is 0.0862. The molecule has 0 amide bonds. The quantitative estimate of drug-likeness (QED) is 0.320. The van der Waals surface area contributed by atoms with Gasteiger partial charge >= 0.3 is 5.97 Å². The number of nitrogens with one attached hydrogen (secondary N) is 1. The third kappa shape index (κ3) is 5.07. The Labute approximate surface area is 222 Å². The molecule has 0 radical (unpaired) electrons. The largest absolute Gasteiger partial charge is 0.405 e. The van der Waals surface area contributed by atoms with Crippen molar-refractivity contribution in [1.29, 1.82) is 0 Å². The van der Waals surface area contributed by atoms with E-state index in [-0.39, 0.29) is 10.8 Å². The van der Waals surface area contributed by atoms with E-state index in [1.54, 1.807) is 60.7 Å². The fourth-order valence-electron chi connectivity index (χ4n) is 4.34. The topological polar surface area (TPSA) is 84.8 Å². The van der Waals surface area contributed by atoms with Crippen LogP contribution in [-0.2, 0) is 25.1 Å². The second kappa shape index (κ2) is 10.6. The number of aliphatic imine (C=N–C) groups is 1. The Hall–Kier alpha value is -4.33. The lowest BCUT2D eigenvalue weighted by molar-refractivity contribution is -0.139. The summed E-state index contributed by atoms with van der Waals surface area (Å²) in [7, 11) is -4.05. The highest BCUT2D eigenvalue weighted by atomic mass is 32.2. The molecule has 190 valence electrons. The predicted octanol–water partition coefficient (Wildman–Crippen LogP) is 5.25. The maximum atomic E-state index is 13.8. The van der Waals surface area contributed by atoms with E-state index in [1.165, 1.54) is 12.1 Å². The predicted molar refractivity (Wildman–Crippen MR) is 148 cm³/mol. The Kier molecular flexibility index (Phi) is 7.05. The van der Waals surface area contributed by atoms with Gasteiger partial charge in [-0.2, -0.15) is 0 Å². The van der Waals surface area contributed by atoms with Crippen molar-refractivity contribution in [3.05, 3.63) is 144 Å². The highest BCUT2D eigenvalue weighted by Gasteiger charge is 2.54. The number of nitrogens with zero attached hydrogens (tertiary/aromatic N) is 1. The van der Waals surface area contributed by atoms with Crippen LogP contribution in [0.3, 0.4) is 0 Å². The van der Waals surface area contributed by atoms with Crippen LogP contribution in [0.4, 0.5) is 0 Å². The molecule has 5 rings (SSSR count). The summed E-state index contributed by atoms with van der Waals surface area (Å²) in [4.78, 5) is 18.7. The maximum absolute atomic E-state index is 13.8. The van der Waals surface area contributed by atoms with Gasteiger partial charge in [-0.3, -0.25) is 0 Å². The number of hydrogen-bond acceptors (Lipinski definition) is 5. The van der Waals surface area contributed by atoms with Crippen LogP contribution in [-0.4, -0.2) is 26.3 Å². The molecule has 0 spiro atoms. The molecule has 2 atom stereocenters. The molecule has 0 aromatic heterocycles. The highest BCUT2D eigenvalue weighted by molar-refractivity contribution is 7.89. The van der Waals surface area contributed by atoms with E-state index >= 15 is 0 Å². The molecule has 2 unspecified atom stereocenters. The van der Waals surface area contributed by atoms with E-state index < -0.39 is 27.6 Å². The zero-order chi connectivity index (χ0) is 26.6. The van der Waals surface area contributed by atoms with Gasteiger partial charge in [0.05, 0.1) is 10.9 Å². The molecular formula is C31H26N2O4S. The van der Waals surface area contributed by atoms with Crippen molar-refractivity contribution in [3.63, 3.8) is 0 Å². The lowest BCUT2D eigenvalue weighted by Gasteiger charge is -2.30. The SMILES string of the molecule is Cc1ccc(S(=O)(=O)NC(/C=C/c2ccccc2)C2(c3ccccc3)N=C(c3ccccc3)OC2=O)cc1. The molecule has 1 N–H and O–H groups in total. The first-order valence-corrected chi connectivity index (χ1v) is 13.6. The molecule has 0 saturated heterocycles. The number of carbonyl (C=O) groups is 1. The summed E-state index contributed by atoms with van der Waals surface area (Å²) in [6.07, 6.45) is 3.43. The van der Waals surface area contributed by atoms with Crippen LogP contribution >= 0.6 is 0 Å². The van der Waals surface area contributed by atoms with Crippen molar-refractivity contribution in [2.45, 2.75) is 23.4 Å². The number of cyclic esters (lactones) is 1. The molecular weight excluding hydrogens is 496 g/mol. The average molecular weight is 523 g/mol. The fraction of sp³-hybridized carbons (Fsp3) is 0.0968. The molecule has 6 nitrogen and oxygen atoms in total. The van der Waals surface area contributed by atoms with Crippen molar-refractivity contribution >= 4 is 28.0 Å². The summed E-state index contributed by atoms with van der Waals surface area (Å²) in [6, 6.07) is 32.8. The average Bonchev–Trinajstić information content (AvgIpc) is 3.30. The van der Waals surface area contributed by atoms with Crippen LogP contribution in [0.1, 0.15) is 22.3 Å². The van der Waals surface area contributed by atoms with Gasteiger partial charge in [-0.05, 0) is 42.3 Å². The minimum Gasteiger partial charge on any atom is -0.405 e. The molecule has 0 saturated carbocycles. The van der Waals surface area contributed by atoms with Crippen molar-refractivity contribution in [2.24, 2.45) is 4.99 Å². The second-order valence-corrected chi connectivity index (χ2v) is 10.7. The Bertz CT molecular complexity index is 1580. The van der Waals surface area contributed by atoms with E-state index in [4.69, 9.17) is 9.73 Å². The monoisotopic (exact) mass is 522 g/mol. The molecule has 1 aliphatic rings. The third-order valence-electron chi connectivity index (χ3n) is 6.36. The van der Waals surface area contributed by atoms with Crippen molar-refractivity contribution in [1.82, 2.24) is 4.72 Å². The maximum Gasteiger partial charge on any atom is 0.347 e.